The van der Waals surface area contributed by atoms with Crippen LogP contribution in [0, 0.1) is 11.8 Å². The summed E-state index contributed by atoms with van der Waals surface area (Å²) in [5.41, 5.74) is 0. The summed E-state index contributed by atoms with van der Waals surface area (Å²) in [6.07, 6.45) is 6.94. The van der Waals surface area contributed by atoms with E-state index in [4.69, 9.17) is 4.74 Å². The first-order chi connectivity index (χ1) is 6.45. The van der Waals surface area contributed by atoms with Crippen LogP contribution in [-0.4, -0.2) is 26.3 Å². The van der Waals surface area contributed by atoms with E-state index in [9.17, 15) is 0 Å². The molecule has 3 heteroatoms. The van der Waals surface area contributed by atoms with Gasteiger partial charge < -0.3 is 10.1 Å². The van der Waals surface area contributed by atoms with Gasteiger partial charge in [0.25, 0.3) is 0 Å². The molecule has 0 aromatic heterocycles. The maximum absolute atomic E-state index is 5.38. The fraction of sp³-hybridized carbons (Fsp3) is 1.00. The van der Waals surface area contributed by atoms with Gasteiger partial charge >= 0.3 is 0 Å². The van der Waals surface area contributed by atoms with Gasteiger partial charge in [-0.25, -0.2) is 0 Å². The maximum Gasteiger partial charge on any atom is 0.0495 e. The van der Waals surface area contributed by atoms with E-state index in [1.54, 1.807) is 0 Å². The van der Waals surface area contributed by atoms with Gasteiger partial charge in [-0.05, 0) is 57.0 Å². The molecule has 2 aliphatic heterocycles. The third kappa shape index (κ3) is 3.76. The van der Waals surface area contributed by atoms with Crippen molar-refractivity contribution < 1.29 is 4.74 Å². The standard InChI is InChI=1S/C11H21NO.ClH/c1-2-10(8-12-6-1)3-4-11-5-7-13-9-11;/h10-12H,1-9H2;1H. The van der Waals surface area contributed by atoms with Crippen molar-refractivity contribution >= 4 is 12.4 Å². The Hall–Kier alpha value is 0.210. The molecule has 2 unspecified atom stereocenters. The fourth-order valence-electron chi connectivity index (χ4n) is 2.45. The molecule has 0 amide bonds. The van der Waals surface area contributed by atoms with Crippen molar-refractivity contribution in [3.8, 4) is 0 Å². The first-order valence-corrected chi connectivity index (χ1v) is 5.73. The maximum atomic E-state index is 5.38. The molecule has 2 saturated heterocycles. The van der Waals surface area contributed by atoms with Crippen LogP contribution in [0.4, 0.5) is 0 Å². The average molecular weight is 220 g/mol. The van der Waals surface area contributed by atoms with Gasteiger partial charge in [0.05, 0.1) is 0 Å². The largest absolute Gasteiger partial charge is 0.381 e. The smallest absolute Gasteiger partial charge is 0.0495 e. The molecular weight excluding hydrogens is 198 g/mol. The third-order valence-electron chi connectivity index (χ3n) is 3.41. The monoisotopic (exact) mass is 219 g/mol. The summed E-state index contributed by atoms with van der Waals surface area (Å²) in [5.74, 6) is 1.83. The van der Waals surface area contributed by atoms with Crippen LogP contribution in [0.3, 0.4) is 0 Å². The van der Waals surface area contributed by atoms with Crippen LogP contribution in [0.15, 0.2) is 0 Å². The normalized spacial score (nSPS) is 32.6. The molecule has 0 saturated carbocycles. The predicted octanol–water partition coefficient (Wildman–Crippen LogP) is 2.22. The van der Waals surface area contributed by atoms with Gasteiger partial charge in [0.1, 0.15) is 0 Å². The highest BCUT2D eigenvalue weighted by Crippen LogP contribution is 2.23. The minimum atomic E-state index is 0. The molecule has 2 aliphatic rings. The Morgan fingerprint density at radius 1 is 1.14 bits per heavy atom. The van der Waals surface area contributed by atoms with Crippen molar-refractivity contribution in [2.45, 2.75) is 32.1 Å². The van der Waals surface area contributed by atoms with E-state index in [2.05, 4.69) is 5.32 Å². The molecular formula is C11H22ClNO. The van der Waals surface area contributed by atoms with Crippen LogP contribution in [0.25, 0.3) is 0 Å². The number of hydrogen-bond acceptors (Lipinski definition) is 2. The highest BCUT2D eigenvalue weighted by molar-refractivity contribution is 5.85. The number of ether oxygens (including phenoxy) is 1. The molecule has 0 bridgehead atoms. The molecule has 2 nitrogen and oxygen atoms in total. The lowest BCUT2D eigenvalue weighted by molar-refractivity contribution is 0.181. The summed E-state index contributed by atoms with van der Waals surface area (Å²) in [6.45, 7) is 4.53. The van der Waals surface area contributed by atoms with Crippen molar-refractivity contribution in [1.82, 2.24) is 5.32 Å². The Bertz CT molecular complexity index is 142. The van der Waals surface area contributed by atoms with Crippen LogP contribution in [0.2, 0.25) is 0 Å². The van der Waals surface area contributed by atoms with Crippen molar-refractivity contribution in [2.24, 2.45) is 11.8 Å². The third-order valence-corrected chi connectivity index (χ3v) is 3.41. The molecule has 1 N–H and O–H groups in total. The first-order valence-electron chi connectivity index (χ1n) is 5.73. The van der Waals surface area contributed by atoms with E-state index in [-0.39, 0.29) is 12.4 Å². The summed E-state index contributed by atoms with van der Waals surface area (Å²) in [7, 11) is 0. The molecule has 2 atom stereocenters. The molecule has 0 aliphatic carbocycles. The zero-order valence-electron chi connectivity index (χ0n) is 8.84. The van der Waals surface area contributed by atoms with Crippen LogP contribution in [0.5, 0.6) is 0 Å². The minimum absolute atomic E-state index is 0. The number of nitrogens with one attached hydrogen (secondary N) is 1. The van der Waals surface area contributed by atoms with E-state index >= 15 is 0 Å². The second-order valence-corrected chi connectivity index (χ2v) is 4.52. The number of piperidine rings is 1. The number of halogens is 1. The highest BCUT2D eigenvalue weighted by atomic mass is 35.5. The highest BCUT2D eigenvalue weighted by Gasteiger charge is 2.18. The minimum Gasteiger partial charge on any atom is -0.381 e. The van der Waals surface area contributed by atoms with Crippen molar-refractivity contribution in [2.75, 3.05) is 26.3 Å². The Morgan fingerprint density at radius 2 is 2.00 bits per heavy atom. The molecule has 2 fully saturated rings. The lowest BCUT2D eigenvalue weighted by Gasteiger charge is -2.23. The molecule has 2 rings (SSSR count). The second kappa shape index (κ2) is 6.65. The summed E-state index contributed by atoms with van der Waals surface area (Å²) in [6, 6.07) is 0. The zero-order chi connectivity index (χ0) is 8.93. The lowest BCUT2D eigenvalue weighted by atomic mass is 9.90. The van der Waals surface area contributed by atoms with Crippen LogP contribution in [0.1, 0.15) is 32.1 Å². The van der Waals surface area contributed by atoms with E-state index in [1.807, 2.05) is 0 Å². The molecule has 0 radical (unpaired) electrons. The van der Waals surface area contributed by atoms with E-state index in [0.717, 1.165) is 25.0 Å². The SMILES string of the molecule is C1CNCC(CCC2CCOC2)C1.Cl. The van der Waals surface area contributed by atoms with Crippen molar-refractivity contribution in [3.63, 3.8) is 0 Å². The van der Waals surface area contributed by atoms with Crippen LogP contribution in [-0.2, 0) is 4.74 Å². The van der Waals surface area contributed by atoms with Crippen molar-refractivity contribution in [3.05, 3.63) is 0 Å². The molecule has 0 spiro atoms. The van der Waals surface area contributed by atoms with Gasteiger partial charge in [0.15, 0.2) is 0 Å². The van der Waals surface area contributed by atoms with Gasteiger partial charge in [-0.15, -0.1) is 12.4 Å². The molecule has 0 aromatic rings. The average Bonchev–Trinajstić information content (AvgIpc) is 2.69. The first kappa shape index (κ1) is 12.3. The second-order valence-electron chi connectivity index (χ2n) is 4.52. The van der Waals surface area contributed by atoms with Gasteiger partial charge in [-0.2, -0.15) is 0 Å². The summed E-state index contributed by atoms with van der Waals surface area (Å²) in [4.78, 5) is 0. The quantitative estimate of drug-likeness (QED) is 0.786. The van der Waals surface area contributed by atoms with E-state index in [1.165, 1.54) is 45.2 Å². The summed E-state index contributed by atoms with van der Waals surface area (Å²) >= 11 is 0. The van der Waals surface area contributed by atoms with Crippen molar-refractivity contribution in [1.29, 1.82) is 0 Å². The molecule has 14 heavy (non-hydrogen) atoms. The van der Waals surface area contributed by atoms with Gasteiger partial charge in [-0.3, -0.25) is 0 Å². The molecule has 84 valence electrons. The topological polar surface area (TPSA) is 21.3 Å². The summed E-state index contributed by atoms with van der Waals surface area (Å²) in [5, 5.41) is 3.48. The lowest BCUT2D eigenvalue weighted by Crippen LogP contribution is -2.29. The zero-order valence-corrected chi connectivity index (χ0v) is 9.65. The predicted molar refractivity (Wildman–Crippen MR) is 61.0 cm³/mol. The van der Waals surface area contributed by atoms with E-state index in [0.29, 0.717) is 0 Å². The van der Waals surface area contributed by atoms with Gasteiger partial charge in [0, 0.05) is 13.2 Å². The Labute approximate surface area is 93.2 Å². The Balaban J connectivity index is 0.000000980. The molecule has 0 aromatic carbocycles. The van der Waals surface area contributed by atoms with Crippen LogP contribution >= 0.6 is 12.4 Å². The van der Waals surface area contributed by atoms with Crippen LogP contribution < -0.4 is 5.32 Å². The Kier molecular flexibility index (Phi) is 5.83. The van der Waals surface area contributed by atoms with Gasteiger partial charge in [0.2, 0.25) is 0 Å². The number of hydrogen-bond donors (Lipinski definition) is 1. The fourth-order valence-corrected chi connectivity index (χ4v) is 2.45. The Morgan fingerprint density at radius 3 is 2.64 bits per heavy atom. The van der Waals surface area contributed by atoms with E-state index < -0.39 is 0 Å². The molecule has 2 heterocycles. The summed E-state index contributed by atoms with van der Waals surface area (Å²) < 4.78 is 5.38. The number of rotatable bonds is 3. The van der Waals surface area contributed by atoms with Gasteiger partial charge in [-0.1, -0.05) is 0 Å².